The van der Waals surface area contributed by atoms with E-state index in [0.717, 1.165) is 10.8 Å². The number of nitrogens with one attached hydrogen (secondary N) is 2. The molecule has 0 aliphatic heterocycles. The third-order valence-electron chi connectivity index (χ3n) is 3.17. The number of carbonyl (C=O) groups is 2. The van der Waals surface area contributed by atoms with Crippen molar-refractivity contribution in [1.82, 2.24) is 10.9 Å². The largest absolute Gasteiger partial charge is 0.431 e. The second-order valence-corrected chi connectivity index (χ2v) is 4.82. The number of fused-ring (bicyclic) bond motifs is 1. The maximum Gasteiger partial charge on any atom is 0.431 e. The zero-order chi connectivity index (χ0) is 16.8. The molecule has 6 heteroatoms. The molecule has 0 atom stereocenters. The van der Waals surface area contributed by atoms with Crippen LogP contribution in [0.1, 0.15) is 0 Å². The van der Waals surface area contributed by atoms with E-state index >= 15 is 0 Å². The van der Waals surface area contributed by atoms with Crippen LogP contribution in [0.15, 0.2) is 72.8 Å². The Kier molecular flexibility index (Phi) is 4.57. The Hall–Kier alpha value is -3.54. The molecule has 0 aliphatic rings. The van der Waals surface area contributed by atoms with E-state index in [-0.39, 0.29) is 0 Å². The van der Waals surface area contributed by atoms with Gasteiger partial charge in [0.15, 0.2) is 0 Å². The molecule has 3 rings (SSSR count). The Bertz CT molecular complexity index is 860. The summed E-state index contributed by atoms with van der Waals surface area (Å²) in [7, 11) is 0. The minimum absolute atomic E-state index is 0.360. The predicted molar refractivity (Wildman–Crippen MR) is 88.7 cm³/mol. The lowest BCUT2D eigenvalue weighted by molar-refractivity contribution is 0.179. The van der Waals surface area contributed by atoms with Crippen LogP contribution in [0.3, 0.4) is 0 Å². The molecule has 2 N–H and O–H groups in total. The summed E-state index contributed by atoms with van der Waals surface area (Å²) in [6.07, 6.45) is -1.65. The van der Waals surface area contributed by atoms with Crippen molar-refractivity contribution in [3.8, 4) is 11.5 Å². The summed E-state index contributed by atoms with van der Waals surface area (Å²) in [6.45, 7) is 0. The normalized spacial score (nSPS) is 10.0. The number of para-hydroxylation sites is 1. The number of carbonyl (C=O) groups excluding carboxylic acids is 2. The predicted octanol–water partition coefficient (Wildman–Crippen LogP) is 3.63. The van der Waals surface area contributed by atoms with E-state index in [9.17, 15) is 9.59 Å². The summed E-state index contributed by atoms with van der Waals surface area (Å²) in [5.41, 5.74) is 4.24. The van der Waals surface area contributed by atoms with Crippen molar-refractivity contribution < 1.29 is 19.1 Å². The van der Waals surface area contributed by atoms with Gasteiger partial charge in [-0.2, -0.15) is 0 Å². The van der Waals surface area contributed by atoms with Gasteiger partial charge in [0.2, 0.25) is 0 Å². The Labute approximate surface area is 138 Å². The molecule has 3 aromatic rings. The van der Waals surface area contributed by atoms with Gasteiger partial charge >= 0.3 is 12.2 Å². The first-order valence-corrected chi connectivity index (χ1v) is 7.21. The number of hydrazine groups is 1. The van der Waals surface area contributed by atoms with Gasteiger partial charge in [0.05, 0.1) is 0 Å². The fourth-order valence-electron chi connectivity index (χ4n) is 2.13. The zero-order valence-electron chi connectivity index (χ0n) is 12.6. The summed E-state index contributed by atoms with van der Waals surface area (Å²) in [4.78, 5) is 23.4. The van der Waals surface area contributed by atoms with Crippen molar-refractivity contribution in [3.63, 3.8) is 0 Å². The summed E-state index contributed by atoms with van der Waals surface area (Å²) >= 11 is 0. The molecule has 0 spiro atoms. The molecule has 0 fully saturated rings. The Balaban J connectivity index is 1.56. The van der Waals surface area contributed by atoms with Crippen LogP contribution >= 0.6 is 0 Å². The van der Waals surface area contributed by atoms with Crippen molar-refractivity contribution in [2.24, 2.45) is 0 Å². The van der Waals surface area contributed by atoms with Crippen LogP contribution in [0.2, 0.25) is 0 Å². The van der Waals surface area contributed by atoms with Gasteiger partial charge in [0, 0.05) is 5.39 Å². The SMILES string of the molecule is O=C(NNC(=O)Oc1cccc2ccccc12)Oc1ccccc1. The van der Waals surface area contributed by atoms with Gasteiger partial charge in [0.1, 0.15) is 11.5 Å². The number of amides is 2. The van der Waals surface area contributed by atoms with Crippen LogP contribution in [-0.2, 0) is 0 Å². The minimum Gasteiger partial charge on any atom is -0.409 e. The molecule has 0 unspecified atom stereocenters. The lowest BCUT2D eigenvalue weighted by atomic mass is 10.1. The number of hydrogen-bond acceptors (Lipinski definition) is 4. The third-order valence-corrected chi connectivity index (χ3v) is 3.17. The topological polar surface area (TPSA) is 76.7 Å². The van der Waals surface area contributed by atoms with Gasteiger partial charge in [-0.15, -0.1) is 0 Å². The van der Waals surface area contributed by atoms with Gasteiger partial charge in [-0.1, -0.05) is 54.6 Å². The van der Waals surface area contributed by atoms with E-state index in [2.05, 4.69) is 10.9 Å². The highest BCUT2D eigenvalue weighted by Crippen LogP contribution is 2.25. The molecule has 24 heavy (non-hydrogen) atoms. The average Bonchev–Trinajstić information content (AvgIpc) is 2.61. The maximum absolute atomic E-state index is 11.8. The molecule has 0 heterocycles. The minimum atomic E-state index is -0.823. The standard InChI is InChI=1S/C18H14N2O4/c21-17(23-14-9-2-1-3-10-14)19-20-18(22)24-16-12-6-8-13-7-4-5-11-15(13)16/h1-12H,(H,19,21)(H,20,22). The van der Waals surface area contributed by atoms with Crippen LogP contribution in [-0.4, -0.2) is 12.2 Å². The van der Waals surface area contributed by atoms with Crippen molar-refractivity contribution >= 4 is 23.0 Å². The van der Waals surface area contributed by atoms with Gasteiger partial charge in [-0.25, -0.2) is 20.4 Å². The molecule has 6 nitrogen and oxygen atoms in total. The molecule has 120 valence electrons. The van der Waals surface area contributed by atoms with Gasteiger partial charge in [-0.3, -0.25) is 0 Å². The fourth-order valence-corrected chi connectivity index (χ4v) is 2.13. The summed E-state index contributed by atoms with van der Waals surface area (Å²) in [6, 6.07) is 21.4. The summed E-state index contributed by atoms with van der Waals surface area (Å²) in [5.74, 6) is 0.753. The Morgan fingerprint density at radius 3 is 2.08 bits per heavy atom. The van der Waals surface area contributed by atoms with Crippen molar-refractivity contribution in [2.45, 2.75) is 0 Å². The van der Waals surface area contributed by atoms with E-state index in [4.69, 9.17) is 9.47 Å². The highest BCUT2D eigenvalue weighted by Gasteiger charge is 2.10. The number of rotatable bonds is 2. The smallest absolute Gasteiger partial charge is 0.409 e. The molecule has 0 saturated heterocycles. The van der Waals surface area contributed by atoms with Crippen molar-refractivity contribution in [2.75, 3.05) is 0 Å². The average molecular weight is 322 g/mol. The first-order chi connectivity index (χ1) is 11.7. The van der Waals surface area contributed by atoms with Crippen LogP contribution in [0.5, 0.6) is 11.5 Å². The van der Waals surface area contributed by atoms with Crippen molar-refractivity contribution in [1.29, 1.82) is 0 Å². The molecule has 3 aromatic carbocycles. The van der Waals surface area contributed by atoms with Gasteiger partial charge in [-0.05, 0) is 23.6 Å². The summed E-state index contributed by atoms with van der Waals surface area (Å²) in [5, 5.41) is 1.74. The third kappa shape index (κ3) is 3.80. The first-order valence-electron chi connectivity index (χ1n) is 7.21. The molecule has 2 amide bonds. The number of benzene rings is 3. The zero-order valence-corrected chi connectivity index (χ0v) is 12.6. The Morgan fingerprint density at radius 1 is 0.667 bits per heavy atom. The van der Waals surface area contributed by atoms with Gasteiger partial charge < -0.3 is 9.47 Å². The van der Waals surface area contributed by atoms with Crippen LogP contribution in [0, 0.1) is 0 Å². The molecule has 0 bridgehead atoms. The maximum atomic E-state index is 11.8. The molecular formula is C18H14N2O4. The highest BCUT2D eigenvalue weighted by atomic mass is 16.6. The van der Waals surface area contributed by atoms with Crippen LogP contribution in [0.25, 0.3) is 10.8 Å². The number of ether oxygens (including phenoxy) is 2. The quantitative estimate of drug-likeness (QED) is 0.706. The first kappa shape index (κ1) is 15.4. The van der Waals surface area contributed by atoms with E-state index in [0.29, 0.717) is 11.5 Å². The monoisotopic (exact) mass is 322 g/mol. The van der Waals surface area contributed by atoms with Crippen LogP contribution in [0.4, 0.5) is 9.59 Å². The molecule has 0 aliphatic carbocycles. The van der Waals surface area contributed by atoms with Crippen molar-refractivity contribution in [3.05, 3.63) is 72.8 Å². The lowest BCUT2D eigenvalue weighted by Gasteiger charge is -2.10. The van der Waals surface area contributed by atoms with Crippen LogP contribution < -0.4 is 20.3 Å². The second kappa shape index (κ2) is 7.15. The fraction of sp³-hybridized carbons (Fsp3) is 0. The molecule has 0 saturated carbocycles. The van der Waals surface area contributed by atoms with E-state index in [1.807, 2.05) is 30.3 Å². The van der Waals surface area contributed by atoms with Gasteiger partial charge in [0.25, 0.3) is 0 Å². The molecule has 0 aromatic heterocycles. The summed E-state index contributed by atoms with van der Waals surface area (Å²) < 4.78 is 10.2. The second-order valence-electron chi connectivity index (χ2n) is 4.82. The van der Waals surface area contributed by atoms with E-state index < -0.39 is 12.2 Å². The Morgan fingerprint density at radius 2 is 1.29 bits per heavy atom. The lowest BCUT2D eigenvalue weighted by Crippen LogP contribution is -2.44. The highest BCUT2D eigenvalue weighted by molar-refractivity contribution is 5.90. The molecule has 0 radical (unpaired) electrons. The van der Waals surface area contributed by atoms with E-state index in [1.54, 1.807) is 42.5 Å². The van der Waals surface area contributed by atoms with E-state index in [1.165, 1.54) is 0 Å². The molecular weight excluding hydrogens is 308 g/mol. The number of hydrogen-bond donors (Lipinski definition) is 2.